The van der Waals surface area contributed by atoms with Crippen molar-refractivity contribution in [2.45, 2.75) is 26.2 Å². The van der Waals surface area contributed by atoms with Crippen LogP contribution in [0.15, 0.2) is 0 Å². The van der Waals surface area contributed by atoms with Crippen molar-refractivity contribution < 1.29 is 9.59 Å². The number of nitrogens with zero attached hydrogens (tertiary/aromatic N) is 1. The average molecular weight is 169 g/mol. The lowest BCUT2D eigenvalue weighted by Gasteiger charge is -2.08. The molecule has 1 atom stereocenters. The Morgan fingerprint density at radius 3 is 2.92 bits per heavy atom. The smallest absolute Gasteiger partial charge is 0.209 e. The molecule has 1 saturated heterocycles. The number of likely N-dealkylation sites (tertiary alicyclic amines) is 1. The summed E-state index contributed by atoms with van der Waals surface area (Å²) in [6.45, 7) is 3.40. The van der Waals surface area contributed by atoms with Crippen LogP contribution in [0.4, 0.5) is 0 Å². The third-order valence-corrected chi connectivity index (χ3v) is 2.32. The number of Topliss-reactive ketones (excluding diaryl/α,β-unsaturated/α-hetero) is 1. The fourth-order valence-corrected chi connectivity index (χ4v) is 1.60. The molecule has 1 unspecified atom stereocenters. The molecule has 1 aliphatic rings. The topological polar surface area (TPSA) is 37.4 Å². The number of hydrogen-bond donors (Lipinski definition) is 0. The Bertz CT molecular complexity index is 179. The van der Waals surface area contributed by atoms with Gasteiger partial charge in [-0.2, -0.15) is 0 Å². The minimum Gasteiger partial charge on any atom is -0.345 e. The Balaban J connectivity index is 2.35. The summed E-state index contributed by atoms with van der Waals surface area (Å²) < 4.78 is 0. The van der Waals surface area contributed by atoms with Crippen molar-refractivity contribution in [2.24, 2.45) is 5.92 Å². The van der Waals surface area contributed by atoms with E-state index in [1.165, 1.54) is 0 Å². The van der Waals surface area contributed by atoms with Crippen molar-refractivity contribution in [3.8, 4) is 0 Å². The number of rotatable bonds is 4. The molecule has 1 amide bonds. The maximum Gasteiger partial charge on any atom is 0.209 e. The first-order chi connectivity index (χ1) is 5.77. The summed E-state index contributed by atoms with van der Waals surface area (Å²) in [5.74, 6) is 0.442. The summed E-state index contributed by atoms with van der Waals surface area (Å²) in [5.41, 5.74) is 0. The van der Waals surface area contributed by atoms with E-state index in [9.17, 15) is 9.59 Å². The molecule has 0 aromatic rings. The Morgan fingerprint density at radius 2 is 2.42 bits per heavy atom. The van der Waals surface area contributed by atoms with Gasteiger partial charge in [0.25, 0.3) is 0 Å². The highest BCUT2D eigenvalue weighted by atomic mass is 16.1. The summed E-state index contributed by atoms with van der Waals surface area (Å²) in [5, 5.41) is 0. The van der Waals surface area contributed by atoms with Crippen LogP contribution in [0, 0.1) is 5.92 Å². The van der Waals surface area contributed by atoms with Gasteiger partial charge in [-0.15, -0.1) is 0 Å². The average Bonchev–Trinajstić information content (AvgIpc) is 2.52. The zero-order chi connectivity index (χ0) is 8.97. The molecule has 1 heterocycles. The summed E-state index contributed by atoms with van der Waals surface area (Å²) in [7, 11) is 0. The lowest BCUT2D eigenvalue weighted by molar-refractivity contribution is -0.122. The van der Waals surface area contributed by atoms with Crippen LogP contribution in [0.25, 0.3) is 0 Å². The van der Waals surface area contributed by atoms with Crippen molar-refractivity contribution >= 4 is 12.2 Å². The Labute approximate surface area is 72.7 Å². The predicted molar refractivity (Wildman–Crippen MR) is 45.7 cm³/mol. The van der Waals surface area contributed by atoms with E-state index < -0.39 is 0 Å². The van der Waals surface area contributed by atoms with E-state index >= 15 is 0 Å². The van der Waals surface area contributed by atoms with Crippen LogP contribution in [-0.2, 0) is 9.59 Å². The van der Waals surface area contributed by atoms with Crippen LogP contribution < -0.4 is 0 Å². The van der Waals surface area contributed by atoms with Gasteiger partial charge in [-0.3, -0.25) is 9.59 Å². The normalized spacial score (nSPS) is 22.8. The molecule has 1 aliphatic heterocycles. The van der Waals surface area contributed by atoms with Crippen LogP contribution in [0.1, 0.15) is 26.2 Å². The zero-order valence-corrected chi connectivity index (χ0v) is 7.45. The van der Waals surface area contributed by atoms with E-state index in [-0.39, 0.29) is 5.92 Å². The Hall–Kier alpha value is -0.860. The minimum atomic E-state index is 0.121. The summed E-state index contributed by atoms with van der Waals surface area (Å²) in [4.78, 5) is 23.4. The third-order valence-electron chi connectivity index (χ3n) is 2.32. The van der Waals surface area contributed by atoms with Gasteiger partial charge in [-0.1, -0.05) is 6.92 Å². The molecule has 3 heteroatoms. The highest BCUT2D eigenvalue weighted by Crippen LogP contribution is 2.17. The van der Waals surface area contributed by atoms with Gasteiger partial charge in [0.1, 0.15) is 5.78 Å². The molecule has 0 aromatic heterocycles. The maximum atomic E-state index is 11.4. The van der Waals surface area contributed by atoms with Gasteiger partial charge in [0.2, 0.25) is 6.41 Å². The molecule has 1 rings (SSSR count). The van der Waals surface area contributed by atoms with Crippen LogP contribution in [0.2, 0.25) is 0 Å². The van der Waals surface area contributed by atoms with Gasteiger partial charge in [0.15, 0.2) is 0 Å². The molecule has 0 saturated carbocycles. The third kappa shape index (κ3) is 2.06. The van der Waals surface area contributed by atoms with Crippen LogP contribution in [0.3, 0.4) is 0 Å². The van der Waals surface area contributed by atoms with Crippen LogP contribution in [0.5, 0.6) is 0 Å². The van der Waals surface area contributed by atoms with Crippen molar-refractivity contribution in [3.05, 3.63) is 0 Å². The largest absolute Gasteiger partial charge is 0.345 e. The van der Waals surface area contributed by atoms with E-state index in [1.54, 1.807) is 4.90 Å². The molecule has 3 nitrogen and oxygen atoms in total. The van der Waals surface area contributed by atoms with Crippen LogP contribution in [-0.4, -0.2) is 30.2 Å². The second-order valence-electron chi connectivity index (χ2n) is 3.30. The fraction of sp³-hybridized carbons (Fsp3) is 0.778. The molecule has 0 radical (unpaired) electrons. The minimum absolute atomic E-state index is 0.121. The quantitative estimate of drug-likeness (QED) is 0.585. The van der Waals surface area contributed by atoms with Crippen LogP contribution >= 0.6 is 0 Å². The van der Waals surface area contributed by atoms with Gasteiger partial charge >= 0.3 is 0 Å². The SMILES string of the molecule is CCCC(=O)C1CCN(C=O)C1. The Kier molecular flexibility index (Phi) is 3.26. The molecular weight excluding hydrogens is 154 g/mol. The van der Waals surface area contributed by atoms with E-state index in [0.29, 0.717) is 18.7 Å². The van der Waals surface area contributed by atoms with Crippen molar-refractivity contribution in [1.82, 2.24) is 4.90 Å². The van der Waals surface area contributed by atoms with E-state index in [4.69, 9.17) is 0 Å². The molecule has 0 bridgehead atoms. The molecule has 0 aromatic carbocycles. The summed E-state index contributed by atoms with van der Waals surface area (Å²) in [6.07, 6.45) is 3.27. The highest BCUT2D eigenvalue weighted by Gasteiger charge is 2.26. The monoisotopic (exact) mass is 169 g/mol. The van der Waals surface area contributed by atoms with Gasteiger partial charge < -0.3 is 4.90 Å². The van der Waals surface area contributed by atoms with Gasteiger partial charge in [-0.25, -0.2) is 0 Å². The second-order valence-corrected chi connectivity index (χ2v) is 3.30. The van der Waals surface area contributed by atoms with Crippen molar-refractivity contribution in [3.63, 3.8) is 0 Å². The molecule has 0 N–H and O–H groups in total. The lowest BCUT2D eigenvalue weighted by Crippen LogP contribution is -2.21. The van der Waals surface area contributed by atoms with E-state index in [2.05, 4.69) is 0 Å². The van der Waals surface area contributed by atoms with Crippen molar-refractivity contribution in [1.29, 1.82) is 0 Å². The maximum absolute atomic E-state index is 11.4. The summed E-state index contributed by atoms with van der Waals surface area (Å²) in [6, 6.07) is 0. The first-order valence-electron chi connectivity index (χ1n) is 4.50. The number of ketones is 1. The van der Waals surface area contributed by atoms with E-state index in [1.807, 2.05) is 6.92 Å². The van der Waals surface area contributed by atoms with E-state index in [0.717, 1.165) is 25.8 Å². The molecule has 12 heavy (non-hydrogen) atoms. The lowest BCUT2D eigenvalue weighted by atomic mass is 10.0. The molecule has 0 spiro atoms. The highest BCUT2D eigenvalue weighted by molar-refractivity contribution is 5.81. The standard InChI is InChI=1S/C9H15NO2/c1-2-3-9(12)8-4-5-10(6-8)7-11/h7-8H,2-6H2,1H3. The Morgan fingerprint density at radius 1 is 1.67 bits per heavy atom. The molecular formula is C9H15NO2. The van der Waals surface area contributed by atoms with Gasteiger partial charge in [0, 0.05) is 25.4 Å². The summed E-state index contributed by atoms with van der Waals surface area (Å²) >= 11 is 0. The first kappa shape index (κ1) is 9.23. The number of carbonyl (C=O) groups is 2. The number of carbonyl (C=O) groups excluding carboxylic acids is 2. The second kappa shape index (κ2) is 4.24. The first-order valence-corrected chi connectivity index (χ1v) is 4.50. The number of amides is 1. The zero-order valence-electron chi connectivity index (χ0n) is 7.45. The molecule has 1 fully saturated rings. The number of hydrogen-bond acceptors (Lipinski definition) is 2. The van der Waals surface area contributed by atoms with Crippen molar-refractivity contribution in [2.75, 3.05) is 13.1 Å². The molecule has 0 aliphatic carbocycles. The fourth-order valence-electron chi connectivity index (χ4n) is 1.60. The van der Waals surface area contributed by atoms with Gasteiger partial charge in [0.05, 0.1) is 0 Å². The predicted octanol–water partition coefficient (Wildman–Crippen LogP) is 0.834. The molecule has 68 valence electrons. The van der Waals surface area contributed by atoms with Gasteiger partial charge in [-0.05, 0) is 12.8 Å².